The van der Waals surface area contributed by atoms with Gasteiger partial charge in [-0.25, -0.2) is 4.79 Å². The number of likely N-dealkylation sites (tertiary alicyclic amines) is 1. The maximum absolute atomic E-state index is 12.1. The minimum Gasteiger partial charge on any atom is -0.435 e. The first-order valence-corrected chi connectivity index (χ1v) is 6.63. The number of ether oxygens (including phenoxy) is 2. The van der Waals surface area contributed by atoms with Crippen LogP contribution in [0, 0.1) is 6.92 Å². The van der Waals surface area contributed by atoms with Crippen LogP contribution in [0.1, 0.15) is 12.0 Å². The molecule has 5 nitrogen and oxygen atoms in total. The van der Waals surface area contributed by atoms with Crippen LogP contribution in [-0.4, -0.2) is 43.8 Å². The average molecular weight is 300 g/mol. The molecule has 1 atom stereocenters. The van der Waals surface area contributed by atoms with Crippen molar-refractivity contribution in [2.75, 3.05) is 25.5 Å². The highest BCUT2D eigenvalue weighted by Crippen LogP contribution is 2.23. The summed E-state index contributed by atoms with van der Waals surface area (Å²) in [5, 5.41) is 2.77. The van der Waals surface area contributed by atoms with Crippen LogP contribution < -0.4 is 10.1 Å². The second kappa shape index (κ2) is 6.71. The number of carbonyl (C=O) groups excluding carboxylic acids is 1. The number of benzene rings is 1. The van der Waals surface area contributed by atoms with Crippen LogP contribution in [0.25, 0.3) is 0 Å². The van der Waals surface area contributed by atoms with E-state index in [1.54, 1.807) is 25.0 Å². The molecule has 2 amide bonds. The van der Waals surface area contributed by atoms with E-state index in [1.807, 2.05) is 0 Å². The van der Waals surface area contributed by atoms with Gasteiger partial charge in [-0.3, -0.25) is 0 Å². The van der Waals surface area contributed by atoms with E-state index in [0.717, 1.165) is 6.42 Å². The molecule has 0 saturated carbocycles. The van der Waals surface area contributed by atoms with Gasteiger partial charge in [-0.15, -0.1) is 0 Å². The first-order valence-electron chi connectivity index (χ1n) is 6.63. The Morgan fingerprint density at radius 2 is 2.24 bits per heavy atom. The Morgan fingerprint density at radius 1 is 1.48 bits per heavy atom. The standard InChI is InChI=1S/C14H18F2N2O3/c1-9-7-10(21-13(15)16)3-4-12(9)17-14(19)18-6-5-11(8-18)20-2/h3-4,7,11,13H,5-6,8H2,1-2H3,(H,17,19). The number of nitrogens with zero attached hydrogens (tertiary/aromatic N) is 1. The van der Waals surface area contributed by atoms with E-state index in [4.69, 9.17) is 4.74 Å². The van der Waals surface area contributed by atoms with Gasteiger partial charge in [0.15, 0.2) is 0 Å². The van der Waals surface area contributed by atoms with Gasteiger partial charge < -0.3 is 19.7 Å². The lowest BCUT2D eigenvalue weighted by molar-refractivity contribution is -0.0498. The van der Waals surface area contributed by atoms with Gasteiger partial charge in [-0.1, -0.05) is 0 Å². The van der Waals surface area contributed by atoms with Crippen molar-refractivity contribution >= 4 is 11.7 Å². The molecule has 1 aliphatic heterocycles. The Morgan fingerprint density at radius 3 is 2.81 bits per heavy atom. The third kappa shape index (κ3) is 4.04. The topological polar surface area (TPSA) is 50.8 Å². The molecule has 2 rings (SSSR count). The summed E-state index contributed by atoms with van der Waals surface area (Å²) in [5.41, 5.74) is 1.23. The Balaban J connectivity index is 1.98. The van der Waals surface area contributed by atoms with Crippen LogP contribution in [0.5, 0.6) is 5.75 Å². The molecule has 1 aliphatic rings. The first-order chi connectivity index (χ1) is 9.99. The van der Waals surface area contributed by atoms with Crippen molar-refractivity contribution in [3.8, 4) is 5.75 Å². The van der Waals surface area contributed by atoms with Crippen molar-refractivity contribution in [1.82, 2.24) is 4.90 Å². The minimum atomic E-state index is -2.86. The van der Waals surface area contributed by atoms with E-state index in [1.165, 1.54) is 12.1 Å². The lowest BCUT2D eigenvalue weighted by Gasteiger charge is -2.18. The Labute approximate surface area is 121 Å². The van der Waals surface area contributed by atoms with E-state index in [0.29, 0.717) is 24.3 Å². The number of hydrogen-bond donors (Lipinski definition) is 1. The highest BCUT2D eigenvalue weighted by Gasteiger charge is 2.26. The van der Waals surface area contributed by atoms with Gasteiger partial charge in [0.05, 0.1) is 6.10 Å². The molecule has 1 aromatic carbocycles. The number of halogens is 2. The zero-order valence-electron chi connectivity index (χ0n) is 11.9. The molecule has 21 heavy (non-hydrogen) atoms. The number of hydrogen-bond acceptors (Lipinski definition) is 3. The number of alkyl halides is 2. The number of urea groups is 1. The summed E-state index contributed by atoms with van der Waals surface area (Å²) in [6.07, 6.45) is 0.878. The summed E-state index contributed by atoms with van der Waals surface area (Å²) in [5.74, 6) is 0.0705. The SMILES string of the molecule is COC1CCN(C(=O)Nc2ccc(OC(F)F)cc2C)C1. The fourth-order valence-corrected chi connectivity index (χ4v) is 2.25. The molecule has 116 valence electrons. The van der Waals surface area contributed by atoms with E-state index >= 15 is 0 Å². The van der Waals surface area contributed by atoms with Gasteiger partial charge in [-0.2, -0.15) is 8.78 Å². The summed E-state index contributed by atoms with van der Waals surface area (Å²) in [7, 11) is 1.62. The summed E-state index contributed by atoms with van der Waals surface area (Å²) in [6.45, 7) is 0.0419. The van der Waals surface area contributed by atoms with Crippen molar-refractivity contribution in [2.45, 2.75) is 26.1 Å². The Kier molecular flexibility index (Phi) is 4.95. The minimum absolute atomic E-state index is 0.0682. The van der Waals surface area contributed by atoms with E-state index in [9.17, 15) is 13.6 Å². The molecule has 1 N–H and O–H groups in total. The molecular weight excluding hydrogens is 282 g/mol. The van der Waals surface area contributed by atoms with Crippen molar-refractivity contribution in [3.63, 3.8) is 0 Å². The van der Waals surface area contributed by atoms with Gasteiger partial charge in [-0.05, 0) is 37.1 Å². The number of carbonyl (C=O) groups is 1. The van der Waals surface area contributed by atoms with Crippen LogP contribution >= 0.6 is 0 Å². The molecule has 7 heteroatoms. The molecule has 0 radical (unpaired) electrons. The second-order valence-corrected chi connectivity index (χ2v) is 4.88. The van der Waals surface area contributed by atoms with Gasteiger partial charge in [0, 0.05) is 25.9 Å². The highest BCUT2D eigenvalue weighted by atomic mass is 19.3. The third-order valence-electron chi connectivity index (χ3n) is 3.43. The van der Waals surface area contributed by atoms with Gasteiger partial charge >= 0.3 is 12.6 Å². The molecule has 0 bridgehead atoms. The summed E-state index contributed by atoms with van der Waals surface area (Å²) in [6, 6.07) is 4.19. The number of methoxy groups -OCH3 is 1. The van der Waals surface area contributed by atoms with Crippen molar-refractivity contribution in [1.29, 1.82) is 0 Å². The fourth-order valence-electron chi connectivity index (χ4n) is 2.25. The highest BCUT2D eigenvalue weighted by molar-refractivity contribution is 5.90. The summed E-state index contributed by atoms with van der Waals surface area (Å²) >= 11 is 0. The van der Waals surface area contributed by atoms with Crippen LogP contribution in [0.15, 0.2) is 18.2 Å². The molecule has 1 unspecified atom stereocenters. The quantitative estimate of drug-likeness (QED) is 0.930. The Hall–Kier alpha value is -1.89. The van der Waals surface area contributed by atoms with Crippen LogP contribution in [0.4, 0.5) is 19.3 Å². The van der Waals surface area contributed by atoms with E-state index < -0.39 is 6.61 Å². The maximum Gasteiger partial charge on any atom is 0.387 e. The monoisotopic (exact) mass is 300 g/mol. The Bertz CT molecular complexity index is 511. The predicted octanol–water partition coefficient (Wildman–Crippen LogP) is 2.85. The number of anilines is 1. The predicted molar refractivity (Wildman–Crippen MR) is 73.8 cm³/mol. The number of nitrogens with one attached hydrogen (secondary N) is 1. The lowest BCUT2D eigenvalue weighted by Crippen LogP contribution is -2.34. The van der Waals surface area contributed by atoms with Crippen LogP contribution in [-0.2, 0) is 4.74 Å². The van der Waals surface area contributed by atoms with Gasteiger partial charge in [0.25, 0.3) is 0 Å². The molecule has 1 fully saturated rings. The van der Waals surface area contributed by atoms with Crippen molar-refractivity contribution in [2.24, 2.45) is 0 Å². The number of rotatable bonds is 4. The lowest BCUT2D eigenvalue weighted by atomic mass is 10.2. The van der Waals surface area contributed by atoms with E-state index in [2.05, 4.69) is 10.1 Å². The average Bonchev–Trinajstić information content (AvgIpc) is 2.90. The number of aryl methyl sites for hydroxylation is 1. The molecule has 1 aromatic rings. The van der Waals surface area contributed by atoms with Crippen LogP contribution in [0.2, 0.25) is 0 Å². The smallest absolute Gasteiger partial charge is 0.387 e. The van der Waals surface area contributed by atoms with Crippen molar-refractivity contribution < 1.29 is 23.0 Å². The van der Waals surface area contributed by atoms with Gasteiger partial charge in [0.1, 0.15) is 5.75 Å². The largest absolute Gasteiger partial charge is 0.435 e. The first kappa shape index (κ1) is 15.5. The molecule has 1 saturated heterocycles. The zero-order valence-corrected chi connectivity index (χ0v) is 11.9. The normalized spacial score (nSPS) is 18.1. The maximum atomic E-state index is 12.1. The molecule has 1 heterocycles. The molecule has 0 spiro atoms. The van der Waals surface area contributed by atoms with Gasteiger partial charge in [0.2, 0.25) is 0 Å². The summed E-state index contributed by atoms with van der Waals surface area (Å²) < 4.78 is 33.8. The van der Waals surface area contributed by atoms with Crippen molar-refractivity contribution in [3.05, 3.63) is 23.8 Å². The second-order valence-electron chi connectivity index (χ2n) is 4.88. The summed E-state index contributed by atoms with van der Waals surface area (Å²) in [4.78, 5) is 13.8. The van der Waals surface area contributed by atoms with Crippen LogP contribution in [0.3, 0.4) is 0 Å². The van der Waals surface area contributed by atoms with E-state index in [-0.39, 0.29) is 17.9 Å². The molecular formula is C14H18F2N2O3. The number of amides is 2. The molecule has 0 aliphatic carbocycles. The molecule has 0 aromatic heterocycles. The third-order valence-corrected chi connectivity index (χ3v) is 3.43. The zero-order chi connectivity index (χ0) is 15.4. The fraction of sp³-hybridized carbons (Fsp3) is 0.500.